The Morgan fingerprint density at radius 2 is 1.59 bits per heavy atom. The molecule has 1 aromatic heterocycles. The first-order chi connectivity index (χ1) is 8.06. The number of benzene rings is 1. The minimum absolute atomic E-state index is 0.0918. The highest BCUT2D eigenvalue weighted by Gasteiger charge is 2.12. The van der Waals surface area contributed by atoms with Crippen molar-refractivity contribution in [3.05, 3.63) is 30.1 Å². The average Bonchev–Trinajstić information content (AvgIpc) is 2.26. The third-order valence-electron chi connectivity index (χ3n) is 2.00. The number of nitrogen functional groups attached to an aromatic ring is 1. The first-order valence-electron chi connectivity index (χ1n) is 4.64. The van der Waals surface area contributed by atoms with Crippen LogP contribution in [-0.2, 0) is 0 Å². The topological polar surface area (TPSA) is 104 Å². The number of rotatable bonds is 2. The van der Waals surface area contributed by atoms with E-state index in [-0.39, 0.29) is 11.6 Å². The fraction of sp³-hybridized carbons (Fsp3) is 0. The summed E-state index contributed by atoms with van der Waals surface area (Å²) in [5.41, 5.74) is 5.59. The van der Waals surface area contributed by atoms with E-state index in [1.165, 1.54) is 24.3 Å². The molecule has 7 heteroatoms. The second-order valence-corrected chi connectivity index (χ2v) is 3.24. The third-order valence-corrected chi connectivity index (χ3v) is 2.00. The molecule has 0 atom stereocenters. The summed E-state index contributed by atoms with van der Waals surface area (Å²) in [6.45, 7) is 0. The maximum absolute atomic E-state index is 12.7. The summed E-state index contributed by atoms with van der Waals surface area (Å²) in [5.74, 6) is -1.61. The van der Waals surface area contributed by atoms with Crippen LogP contribution in [0.4, 0.5) is 21.7 Å². The van der Waals surface area contributed by atoms with Crippen molar-refractivity contribution in [1.29, 1.82) is 0 Å². The molecule has 0 aliphatic rings. The Morgan fingerprint density at radius 3 is 2.12 bits per heavy atom. The third kappa shape index (κ3) is 2.33. The lowest BCUT2D eigenvalue weighted by Gasteiger charge is -2.09. The van der Waals surface area contributed by atoms with Gasteiger partial charge in [-0.15, -0.1) is 0 Å². The van der Waals surface area contributed by atoms with Gasteiger partial charge in [0.1, 0.15) is 5.82 Å². The summed E-state index contributed by atoms with van der Waals surface area (Å²) in [4.78, 5) is 6.95. The van der Waals surface area contributed by atoms with Gasteiger partial charge in [-0.05, 0) is 24.3 Å². The monoisotopic (exact) mass is 236 g/mol. The average molecular weight is 236 g/mol. The first kappa shape index (κ1) is 10.9. The summed E-state index contributed by atoms with van der Waals surface area (Å²) in [5, 5.41) is 21.6. The molecule has 17 heavy (non-hydrogen) atoms. The van der Waals surface area contributed by atoms with Crippen LogP contribution in [0.15, 0.2) is 24.3 Å². The molecule has 2 rings (SSSR count). The molecular formula is C10H9FN4O2. The number of hydrogen-bond acceptors (Lipinski definition) is 6. The number of nitrogens with zero attached hydrogens (tertiary/aromatic N) is 2. The lowest BCUT2D eigenvalue weighted by atomic mass is 10.3. The van der Waals surface area contributed by atoms with Crippen molar-refractivity contribution in [2.45, 2.75) is 0 Å². The molecule has 0 unspecified atom stereocenters. The van der Waals surface area contributed by atoms with E-state index in [2.05, 4.69) is 15.3 Å². The second kappa shape index (κ2) is 4.12. The summed E-state index contributed by atoms with van der Waals surface area (Å²) in [7, 11) is 0. The predicted molar refractivity (Wildman–Crippen MR) is 59.5 cm³/mol. The summed E-state index contributed by atoms with van der Waals surface area (Å²) in [6, 6.07) is 5.33. The Labute approximate surface area is 95.6 Å². The van der Waals surface area contributed by atoms with Crippen LogP contribution in [0.3, 0.4) is 0 Å². The van der Waals surface area contributed by atoms with Crippen molar-refractivity contribution in [2.75, 3.05) is 11.1 Å². The minimum atomic E-state index is -0.487. The van der Waals surface area contributed by atoms with Gasteiger partial charge in [-0.2, -0.15) is 9.97 Å². The lowest BCUT2D eigenvalue weighted by Crippen LogP contribution is -1.99. The quantitative estimate of drug-likeness (QED) is 0.627. The molecule has 0 radical (unpaired) electrons. The smallest absolute Gasteiger partial charge is 0.244 e. The molecule has 6 nitrogen and oxygen atoms in total. The fourth-order valence-corrected chi connectivity index (χ4v) is 1.24. The number of aromatic nitrogens is 2. The molecule has 0 amide bonds. The highest BCUT2D eigenvalue weighted by molar-refractivity contribution is 5.69. The van der Waals surface area contributed by atoms with E-state index in [9.17, 15) is 14.6 Å². The number of hydrogen-bond donors (Lipinski definition) is 4. The molecule has 0 bridgehead atoms. The van der Waals surface area contributed by atoms with Crippen LogP contribution in [0.2, 0.25) is 0 Å². The standard InChI is InChI=1S/C10H9FN4O2/c11-5-1-3-6(4-2-5)13-7-8(16)14-10(12)15-9(7)17/h1-4,13H,(H4,12,14,15,16,17). The van der Waals surface area contributed by atoms with Gasteiger partial charge in [-0.1, -0.05) is 0 Å². The maximum atomic E-state index is 12.7. The van der Waals surface area contributed by atoms with E-state index in [0.717, 1.165) is 0 Å². The van der Waals surface area contributed by atoms with Crippen molar-refractivity contribution in [3.63, 3.8) is 0 Å². The Balaban J connectivity index is 2.33. The van der Waals surface area contributed by atoms with Crippen LogP contribution in [0.1, 0.15) is 0 Å². The molecule has 0 aliphatic heterocycles. The van der Waals surface area contributed by atoms with Gasteiger partial charge in [-0.3, -0.25) is 0 Å². The van der Waals surface area contributed by atoms with Gasteiger partial charge in [0.15, 0.2) is 5.69 Å². The van der Waals surface area contributed by atoms with Crippen LogP contribution in [-0.4, -0.2) is 20.2 Å². The summed E-state index contributed by atoms with van der Waals surface area (Å²) >= 11 is 0. The van der Waals surface area contributed by atoms with E-state index < -0.39 is 17.6 Å². The summed E-state index contributed by atoms with van der Waals surface area (Å²) in [6.07, 6.45) is 0. The van der Waals surface area contributed by atoms with Gasteiger partial charge in [0, 0.05) is 5.69 Å². The van der Waals surface area contributed by atoms with Crippen molar-refractivity contribution >= 4 is 17.3 Å². The van der Waals surface area contributed by atoms with Gasteiger partial charge in [0.25, 0.3) is 0 Å². The first-order valence-corrected chi connectivity index (χ1v) is 4.64. The van der Waals surface area contributed by atoms with E-state index in [1.54, 1.807) is 0 Å². The Kier molecular flexibility index (Phi) is 2.65. The number of anilines is 3. The number of aromatic hydroxyl groups is 2. The van der Waals surface area contributed by atoms with Crippen LogP contribution >= 0.6 is 0 Å². The second-order valence-electron chi connectivity index (χ2n) is 3.24. The Bertz CT molecular complexity index is 521. The molecule has 5 N–H and O–H groups in total. The molecule has 0 saturated heterocycles. The van der Waals surface area contributed by atoms with E-state index in [1.807, 2.05) is 0 Å². The van der Waals surface area contributed by atoms with Gasteiger partial charge in [-0.25, -0.2) is 4.39 Å². The zero-order chi connectivity index (χ0) is 12.4. The lowest BCUT2D eigenvalue weighted by molar-refractivity contribution is 0.428. The SMILES string of the molecule is Nc1nc(O)c(Nc2ccc(F)cc2)c(O)n1. The van der Waals surface area contributed by atoms with Crippen LogP contribution in [0, 0.1) is 5.82 Å². The van der Waals surface area contributed by atoms with Gasteiger partial charge < -0.3 is 21.3 Å². The van der Waals surface area contributed by atoms with E-state index in [4.69, 9.17) is 5.73 Å². The molecule has 0 saturated carbocycles. The van der Waals surface area contributed by atoms with Gasteiger partial charge >= 0.3 is 0 Å². The molecule has 0 fully saturated rings. The predicted octanol–water partition coefficient (Wildman–Crippen LogP) is 1.35. The van der Waals surface area contributed by atoms with E-state index >= 15 is 0 Å². The maximum Gasteiger partial charge on any atom is 0.244 e. The normalized spacial score (nSPS) is 10.2. The fourth-order valence-electron chi connectivity index (χ4n) is 1.24. The van der Waals surface area contributed by atoms with Crippen molar-refractivity contribution in [2.24, 2.45) is 0 Å². The number of halogens is 1. The van der Waals surface area contributed by atoms with Gasteiger partial charge in [0.2, 0.25) is 17.7 Å². The van der Waals surface area contributed by atoms with Crippen LogP contribution in [0.25, 0.3) is 0 Å². The van der Waals surface area contributed by atoms with Crippen molar-refractivity contribution < 1.29 is 14.6 Å². The van der Waals surface area contributed by atoms with Gasteiger partial charge in [0.05, 0.1) is 0 Å². The molecule has 88 valence electrons. The van der Waals surface area contributed by atoms with Crippen LogP contribution < -0.4 is 11.1 Å². The van der Waals surface area contributed by atoms with E-state index in [0.29, 0.717) is 5.69 Å². The summed E-state index contributed by atoms with van der Waals surface area (Å²) < 4.78 is 12.7. The Morgan fingerprint density at radius 1 is 1.06 bits per heavy atom. The number of nitrogens with one attached hydrogen (secondary N) is 1. The van der Waals surface area contributed by atoms with Crippen molar-refractivity contribution in [1.82, 2.24) is 9.97 Å². The highest BCUT2D eigenvalue weighted by Crippen LogP contribution is 2.32. The molecular weight excluding hydrogens is 227 g/mol. The van der Waals surface area contributed by atoms with Crippen LogP contribution in [0.5, 0.6) is 11.8 Å². The number of nitrogens with two attached hydrogens (primary N) is 1. The molecule has 1 aromatic carbocycles. The largest absolute Gasteiger partial charge is 0.492 e. The zero-order valence-electron chi connectivity index (χ0n) is 8.55. The zero-order valence-corrected chi connectivity index (χ0v) is 8.55. The molecule has 2 aromatic rings. The molecule has 1 heterocycles. The molecule has 0 spiro atoms. The van der Waals surface area contributed by atoms with Crippen molar-refractivity contribution in [3.8, 4) is 11.8 Å². The molecule has 0 aliphatic carbocycles. The minimum Gasteiger partial charge on any atom is -0.492 e. The Hall–Kier alpha value is -2.57. The highest BCUT2D eigenvalue weighted by atomic mass is 19.1.